The smallest absolute Gasteiger partial charge is 0.122 e. The third-order valence-corrected chi connectivity index (χ3v) is 3.66. The molecule has 0 aliphatic carbocycles. The molecule has 2 nitrogen and oxygen atoms in total. The summed E-state index contributed by atoms with van der Waals surface area (Å²) in [6.45, 7) is 3.94. The van der Waals surface area contributed by atoms with Crippen molar-refractivity contribution in [2.75, 3.05) is 0 Å². The highest BCUT2D eigenvalue weighted by Gasteiger charge is 2.11. The van der Waals surface area contributed by atoms with Crippen LogP contribution in [0.25, 0.3) is 11.3 Å². The standard InChI is InChI=1S/C12H10Cl2N2S/c1-6-7(2)12(17)16-15-11(6)9-4-3-8(13)5-10(9)14/h3-5H,1-2H3,(H,16,17). The van der Waals surface area contributed by atoms with Crippen molar-refractivity contribution in [1.29, 1.82) is 0 Å². The molecule has 88 valence electrons. The van der Waals surface area contributed by atoms with E-state index in [-0.39, 0.29) is 0 Å². The van der Waals surface area contributed by atoms with E-state index in [0.29, 0.717) is 14.7 Å². The lowest BCUT2D eigenvalue weighted by molar-refractivity contribution is 0.987. The molecule has 1 aromatic carbocycles. The SMILES string of the molecule is Cc1c(-c2ccc(Cl)cc2Cl)n[nH]c(=S)c1C. The highest BCUT2D eigenvalue weighted by molar-refractivity contribution is 7.71. The minimum absolute atomic E-state index is 0.581. The summed E-state index contributed by atoms with van der Waals surface area (Å²) >= 11 is 17.2. The van der Waals surface area contributed by atoms with Crippen LogP contribution in [0.1, 0.15) is 11.1 Å². The second-order valence-electron chi connectivity index (χ2n) is 3.78. The Hall–Kier alpha value is -0.900. The van der Waals surface area contributed by atoms with Gasteiger partial charge in [0.15, 0.2) is 0 Å². The van der Waals surface area contributed by atoms with E-state index in [1.54, 1.807) is 12.1 Å². The van der Waals surface area contributed by atoms with E-state index in [9.17, 15) is 0 Å². The van der Waals surface area contributed by atoms with Gasteiger partial charge in [0.05, 0.1) is 10.7 Å². The summed E-state index contributed by atoms with van der Waals surface area (Å²) < 4.78 is 0.649. The molecule has 1 heterocycles. The second-order valence-corrected chi connectivity index (χ2v) is 5.03. The molecule has 0 atom stereocenters. The van der Waals surface area contributed by atoms with Crippen molar-refractivity contribution in [3.8, 4) is 11.3 Å². The minimum atomic E-state index is 0.581. The normalized spacial score (nSPS) is 10.6. The highest BCUT2D eigenvalue weighted by atomic mass is 35.5. The van der Waals surface area contributed by atoms with Crippen molar-refractivity contribution in [3.63, 3.8) is 0 Å². The monoisotopic (exact) mass is 284 g/mol. The van der Waals surface area contributed by atoms with Crippen LogP contribution in [0.2, 0.25) is 10.0 Å². The highest BCUT2D eigenvalue weighted by Crippen LogP contribution is 2.31. The van der Waals surface area contributed by atoms with Gasteiger partial charge in [-0.1, -0.05) is 35.4 Å². The lowest BCUT2D eigenvalue weighted by atomic mass is 10.0. The lowest BCUT2D eigenvalue weighted by Crippen LogP contribution is -1.96. The van der Waals surface area contributed by atoms with E-state index in [1.807, 2.05) is 19.9 Å². The maximum atomic E-state index is 6.16. The Morgan fingerprint density at radius 1 is 1.18 bits per heavy atom. The molecule has 1 N–H and O–H groups in total. The second kappa shape index (κ2) is 4.77. The van der Waals surface area contributed by atoms with Gasteiger partial charge in [-0.25, -0.2) is 0 Å². The maximum Gasteiger partial charge on any atom is 0.122 e. The molecule has 0 radical (unpaired) electrons. The van der Waals surface area contributed by atoms with Crippen molar-refractivity contribution in [2.45, 2.75) is 13.8 Å². The predicted octanol–water partition coefficient (Wildman–Crippen LogP) is 4.73. The molecule has 0 amide bonds. The van der Waals surface area contributed by atoms with Crippen molar-refractivity contribution >= 4 is 35.4 Å². The fourth-order valence-corrected chi connectivity index (χ4v) is 2.26. The Balaban J connectivity index is 2.69. The zero-order valence-corrected chi connectivity index (χ0v) is 11.7. The maximum absolute atomic E-state index is 6.16. The zero-order valence-electron chi connectivity index (χ0n) is 9.34. The summed E-state index contributed by atoms with van der Waals surface area (Å²) in [5, 5.41) is 8.26. The summed E-state index contributed by atoms with van der Waals surface area (Å²) in [6, 6.07) is 5.35. The first-order valence-electron chi connectivity index (χ1n) is 5.02. The van der Waals surface area contributed by atoms with E-state index in [0.717, 1.165) is 22.4 Å². The van der Waals surface area contributed by atoms with E-state index >= 15 is 0 Å². The van der Waals surface area contributed by atoms with Crippen LogP contribution in [0.15, 0.2) is 18.2 Å². The summed E-state index contributed by atoms with van der Waals surface area (Å²) in [5.41, 5.74) is 3.69. The van der Waals surface area contributed by atoms with Gasteiger partial charge in [0.2, 0.25) is 0 Å². The fourth-order valence-electron chi connectivity index (χ4n) is 1.57. The Bertz CT molecular complexity index is 635. The van der Waals surface area contributed by atoms with E-state index in [1.165, 1.54) is 0 Å². The molecule has 0 saturated heterocycles. The number of halogens is 2. The van der Waals surface area contributed by atoms with Gasteiger partial charge in [0.1, 0.15) is 4.64 Å². The molecule has 17 heavy (non-hydrogen) atoms. The summed E-state index contributed by atoms with van der Waals surface area (Å²) in [6.07, 6.45) is 0. The van der Waals surface area contributed by atoms with Gasteiger partial charge in [-0.3, -0.25) is 5.10 Å². The van der Waals surface area contributed by atoms with Gasteiger partial charge in [-0.15, -0.1) is 0 Å². The minimum Gasteiger partial charge on any atom is -0.267 e. The number of hydrogen-bond acceptors (Lipinski definition) is 2. The van der Waals surface area contributed by atoms with Gasteiger partial charge < -0.3 is 0 Å². The van der Waals surface area contributed by atoms with Crippen LogP contribution >= 0.6 is 35.4 Å². The van der Waals surface area contributed by atoms with Crippen LogP contribution in [-0.2, 0) is 0 Å². The molecule has 2 aromatic rings. The molecule has 0 bridgehead atoms. The van der Waals surface area contributed by atoms with Gasteiger partial charge >= 0.3 is 0 Å². The Morgan fingerprint density at radius 3 is 2.53 bits per heavy atom. The van der Waals surface area contributed by atoms with Crippen LogP contribution in [0.5, 0.6) is 0 Å². The molecular formula is C12H10Cl2N2S. The molecule has 2 rings (SSSR count). The molecule has 5 heteroatoms. The summed E-state index contributed by atoms with van der Waals surface area (Å²) in [5.74, 6) is 0. The van der Waals surface area contributed by atoms with E-state index in [4.69, 9.17) is 35.4 Å². The van der Waals surface area contributed by atoms with Gasteiger partial charge in [0, 0.05) is 10.6 Å². The largest absolute Gasteiger partial charge is 0.267 e. The molecule has 1 aromatic heterocycles. The quantitative estimate of drug-likeness (QED) is 0.767. The first-order chi connectivity index (χ1) is 8.00. The van der Waals surface area contributed by atoms with Gasteiger partial charge in [-0.2, -0.15) is 5.10 Å². The molecule has 0 unspecified atom stereocenters. The number of hydrogen-bond donors (Lipinski definition) is 1. The summed E-state index contributed by atoms with van der Waals surface area (Å²) in [4.78, 5) is 0. The van der Waals surface area contributed by atoms with Gasteiger partial charge in [0.25, 0.3) is 0 Å². The van der Waals surface area contributed by atoms with Crippen LogP contribution in [0.4, 0.5) is 0 Å². The van der Waals surface area contributed by atoms with Crippen LogP contribution < -0.4 is 0 Å². The van der Waals surface area contributed by atoms with Crippen LogP contribution in [0.3, 0.4) is 0 Å². The molecule has 0 aliphatic rings. The number of rotatable bonds is 1. The topological polar surface area (TPSA) is 28.7 Å². The number of benzene rings is 1. The Labute approximate surface area is 115 Å². The number of H-pyrrole nitrogens is 1. The molecule has 0 saturated carbocycles. The number of aromatic nitrogens is 2. The first-order valence-corrected chi connectivity index (χ1v) is 6.18. The predicted molar refractivity (Wildman–Crippen MR) is 74.4 cm³/mol. The molecular weight excluding hydrogens is 275 g/mol. The Morgan fingerprint density at radius 2 is 1.88 bits per heavy atom. The fraction of sp³-hybridized carbons (Fsp3) is 0.167. The number of nitrogens with one attached hydrogen (secondary N) is 1. The van der Waals surface area contributed by atoms with E-state index < -0.39 is 0 Å². The van der Waals surface area contributed by atoms with Crippen molar-refractivity contribution in [2.24, 2.45) is 0 Å². The summed E-state index contributed by atoms with van der Waals surface area (Å²) in [7, 11) is 0. The van der Waals surface area contributed by atoms with E-state index in [2.05, 4.69) is 10.2 Å². The van der Waals surface area contributed by atoms with Crippen LogP contribution in [0, 0.1) is 18.5 Å². The third-order valence-electron chi connectivity index (χ3n) is 2.71. The number of nitrogens with zero attached hydrogens (tertiary/aromatic N) is 1. The Kier molecular flexibility index (Phi) is 3.52. The molecule has 0 aliphatic heterocycles. The van der Waals surface area contributed by atoms with Crippen molar-refractivity contribution in [3.05, 3.63) is 44.0 Å². The third kappa shape index (κ3) is 2.37. The zero-order chi connectivity index (χ0) is 12.6. The molecule has 0 spiro atoms. The first kappa shape index (κ1) is 12.6. The molecule has 0 fully saturated rings. The van der Waals surface area contributed by atoms with Crippen molar-refractivity contribution < 1.29 is 0 Å². The average Bonchev–Trinajstić information content (AvgIpc) is 2.28. The number of aromatic amines is 1. The van der Waals surface area contributed by atoms with Crippen molar-refractivity contribution in [1.82, 2.24) is 10.2 Å². The van der Waals surface area contributed by atoms with Crippen LogP contribution in [-0.4, -0.2) is 10.2 Å². The van der Waals surface area contributed by atoms with Gasteiger partial charge in [-0.05, 0) is 43.2 Å². The lowest BCUT2D eigenvalue weighted by Gasteiger charge is -2.09. The average molecular weight is 285 g/mol.